The molecule has 43 valence electrons. The topological polar surface area (TPSA) is 4.41 Å². The highest BCUT2D eigenvalue weighted by Gasteiger charge is 1.84. The first-order chi connectivity index (χ1) is 4.47. The third kappa shape index (κ3) is 0.617. The van der Waals surface area contributed by atoms with Crippen molar-refractivity contribution in [2.24, 2.45) is 0 Å². The van der Waals surface area contributed by atoms with E-state index in [4.69, 9.17) is 0 Å². The minimum Gasteiger partial charge on any atom is -0.324 e. The Morgan fingerprint density at radius 2 is 2.44 bits per heavy atom. The standard InChI is InChI=1S/C8H6N/c1-2-6-9-7-3-5-8(9)4-1/h2-7H/p+1. The molecule has 2 aromatic rings. The molecule has 1 heteroatoms. The predicted molar refractivity (Wildman–Crippen MR) is 37.3 cm³/mol. The van der Waals surface area contributed by atoms with Crippen LogP contribution in [0.1, 0.15) is 1.43 Å². The average Bonchev–Trinajstić information content (AvgIpc) is 2.33. The summed E-state index contributed by atoms with van der Waals surface area (Å²) in [6, 6.07) is 10.9. The van der Waals surface area contributed by atoms with Gasteiger partial charge in [-0.05, 0) is 30.3 Å². The van der Waals surface area contributed by atoms with Crippen LogP contribution in [0.15, 0.2) is 36.7 Å². The minimum atomic E-state index is 0. The van der Waals surface area contributed by atoms with Crippen molar-refractivity contribution in [2.45, 2.75) is 0 Å². The number of nitrogens with zero attached hydrogens (tertiary/aromatic N) is 1. The van der Waals surface area contributed by atoms with Crippen LogP contribution in [0.25, 0.3) is 5.52 Å². The van der Waals surface area contributed by atoms with Crippen molar-refractivity contribution >= 4 is 5.52 Å². The maximum atomic E-state index is 3.00. The van der Waals surface area contributed by atoms with Crippen molar-refractivity contribution in [1.82, 2.24) is 4.40 Å². The molecule has 0 aromatic carbocycles. The van der Waals surface area contributed by atoms with E-state index in [0.717, 1.165) is 0 Å². The van der Waals surface area contributed by atoms with Crippen LogP contribution in [0.3, 0.4) is 0 Å². The Bertz CT molecular complexity index is 283. The Morgan fingerprint density at radius 1 is 1.44 bits per heavy atom. The fourth-order valence-corrected chi connectivity index (χ4v) is 0.922. The number of fused-ring (bicyclic) bond motifs is 1. The van der Waals surface area contributed by atoms with Crippen LogP contribution < -0.4 is 0 Å². The Morgan fingerprint density at radius 3 is 3.33 bits per heavy atom. The number of hydrogen-bond donors (Lipinski definition) is 0. The van der Waals surface area contributed by atoms with Crippen molar-refractivity contribution in [2.75, 3.05) is 0 Å². The van der Waals surface area contributed by atoms with E-state index < -0.39 is 0 Å². The zero-order chi connectivity index (χ0) is 6.10. The Kier molecular flexibility index (Phi) is 0.833. The summed E-state index contributed by atoms with van der Waals surface area (Å²) in [4.78, 5) is 0. The Labute approximate surface area is 55.0 Å². The molecule has 0 aliphatic carbocycles. The molecular formula is C8H7N+. The van der Waals surface area contributed by atoms with Crippen molar-refractivity contribution in [1.29, 1.82) is 0 Å². The minimum absolute atomic E-state index is 0. The molecule has 9 heavy (non-hydrogen) atoms. The first-order valence-electron chi connectivity index (χ1n) is 2.89. The van der Waals surface area contributed by atoms with Gasteiger partial charge in [-0.2, -0.15) is 0 Å². The zero-order valence-electron chi connectivity index (χ0n) is 5.91. The quantitative estimate of drug-likeness (QED) is 0.496. The summed E-state index contributed by atoms with van der Waals surface area (Å²) in [5, 5.41) is 0. The van der Waals surface area contributed by atoms with Gasteiger partial charge in [0, 0.05) is 17.9 Å². The fraction of sp³-hybridized carbons (Fsp3) is 0. The number of hydrogen-bond acceptors (Lipinski definition) is 0. The predicted octanol–water partition coefficient (Wildman–Crippen LogP) is 1.85. The van der Waals surface area contributed by atoms with Gasteiger partial charge >= 0.3 is 1.43 Å². The van der Waals surface area contributed by atoms with Crippen LogP contribution in [-0.2, 0) is 0 Å². The van der Waals surface area contributed by atoms with Crippen molar-refractivity contribution in [3.8, 4) is 0 Å². The number of aromatic nitrogens is 1. The summed E-state index contributed by atoms with van der Waals surface area (Å²) in [6.45, 7) is 0. The van der Waals surface area contributed by atoms with Gasteiger partial charge < -0.3 is 4.40 Å². The molecule has 2 heterocycles. The van der Waals surface area contributed by atoms with Crippen molar-refractivity contribution in [3.05, 3.63) is 42.7 Å². The lowest BCUT2D eigenvalue weighted by molar-refractivity contribution is 1.20. The number of rotatable bonds is 0. The molecule has 0 saturated heterocycles. The Balaban J connectivity index is 0.000000500. The van der Waals surface area contributed by atoms with E-state index in [2.05, 4.69) is 16.5 Å². The zero-order valence-corrected chi connectivity index (χ0v) is 4.91. The largest absolute Gasteiger partial charge is 1.00 e. The molecule has 2 rings (SSSR count). The highest BCUT2D eigenvalue weighted by Crippen LogP contribution is 2.00. The highest BCUT2D eigenvalue weighted by molar-refractivity contribution is 5.46. The lowest BCUT2D eigenvalue weighted by Crippen LogP contribution is -1.76. The molecule has 0 aliphatic rings. The molecule has 0 saturated carbocycles. The molecule has 1 radical (unpaired) electrons. The monoisotopic (exact) mass is 117 g/mol. The van der Waals surface area contributed by atoms with Gasteiger partial charge in [0.05, 0.1) is 0 Å². The van der Waals surface area contributed by atoms with Crippen LogP contribution in [0.2, 0.25) is 0 Å². The molecule has 0 fully saturated rings. The maximum Gasteiger partial charge on any atom is 1.00 e. The van der Waals surface area contributed by atoms with Gasteiger partial charge in [0.2, 0.25) is 0 Å². The third-order valence-corrected chi connectivity index (χ3v) is 1.37. The molecule has 0 bridgehead atoms. The van der Waals surface area contributed by atoms with Crippen LogP contribution in [0, 0.1) is 6.07 Å². The molecule has 0 atom stereocenters. The van der Waals surface area contributed by atoms with E-state index in [1.165, 1.54) is 5.52 Å². The lowest BCUT2D eigenvalue weighted by Gasteiger charge is -1.88. The molecule has 0 spiro atoms. The van der Waals surface area contributed by atoms with Gasteiger partial charge in [0.25, 0.3) is 0 Å². The molecule has 0 N–H and O–H groups in total. The maximum absolute atomic E-state index is 3.00. The summed E-state index contributed by atoms with van der Waals surface area (Å²) >= 11 is 0. The van der Waals surface area contributed by atoms with E-state index in [9.17, 15) is 0 Å². The van der Waals surface area contributed by atoms with Gasteiger partial charge in [-0.15, -0.1) is 0 Å². The second-order valence-electron chi connectivity index (χ2n) is 1.97. The molecule has 0 aliphatic heterocycles. The Hall–Kier alpha value is -1.24. The normalized spacial score (nSPS) is 10.2. The van der Waals surface area contributed by atoms with Crippen LogP contribution >= 0.6 is 0 Å². The average molecular weight is 117 g/mol. The summed E-state index contributed by atoms with van der Waals surface area (Å²) in [5.74, 6) is 0. The number of pyridine rings is 1. The molecular weight excluding hydrogens is 110 g/mol. The smallest absolute Gasteiger partial charge is 0.324 e. The third-order valence-electron chi connectivity index (χ3n) is 1.37. The van der Waals surface area contributed by atoms with Crippen LogP contribution in [-0.4, -0.2) is 4.40 Å². The molecule has 0 unspecified atom stereocenters. The second-order valence-corrected chi connectivity index (χ2v) is 1.97. The van der Waals surface area contributed by atoms with Gasteiger partial charge in [0.1, 0.15) is 0 Å². The second kappa shape index (κ2) is 1.62. The van der Waals surface area contributed by atoms with E-state index in [1.807, 2.05) is 30.6 Å². The van der Waals surface area contributed by atoms with Crippen molar-refractivity contribution < 1.29 is 1.43 Å². The lowest BCUT2D eigenvalue weighted by atomic mass is 10.4. The highest BCUT2D eigenvalue weighted by atomic mass is 14.8. The summed E-state index contributed by atoms with van der Waals surface area (Å²) in [6.07, 6.45) is 4.00. The van der Waals surface area contributed by atoms with Crippen LogP contribution in [0.5, 0.6) is 0 Å². The first-order valence-corrected chi connectivity index (χ1v) is 2.89. The van der Waals surface area contributed by atoms with Crippen LogP contribution in [0.4, 0.5) is 0 Å². The molecule has 0 amide bonds. The van der Waals surface area contributed by atoms with Gasteiger partial charge in [0.15, 0.2) is 0 Å². The summed E-state index contributed by atoms with van der Waals surface area (Å²) in [5.41, 5.74) is 1.19. The van der Waals surface area contributed by atoms with Gasteiger partial charge in [-0.1, -0.05) is 0 Å². The molecule has 2 aromatic heterocycles. The summed E-state index contributed by atoms with van der Waals surface area (Å²) < 4.78 is 2.05. The van der Waals surface area contributed by atoms with Crippen molar-refractivity contribution in [3.63, 3.8) is 0 Å². The van der Waals surface area contributed by atoms with Gasteiger partial charge in [-0.3, -0.25) is 0 Å². The first kappa shape index (κ1) is 4.62. The summed E-state index contributed by atoms with van der Waals surface area (Å²) in [7, 11) is 0. The van der Waals surface area contributed by atoms with E-state index in [1.54, 1.807) is 0 Å². The fourth-order valence-electron chi connectivity index (χ4n) is 0.922. The SMILES string of the molecule is [H+].[c]1ccn2cccc2c1. The van der Waals surface area contributed by atoms with E-state index >= 15 is 0 Å². The van der Waals surface area contributed by atoms with E-state index in [0.29, 0.717) is 0 Å². The van der Waals surface area contributed by atoms with E-state index in [-0.39, 0.29) is 1.43 Å². The van der Waals surface area contributed by atoms with Gasteiger partial charge in [-0.25, -0.2) is 0 Å². The molecule has 1 nitrogen and oxygen atoms in total.